The number of alkyl halides is 2. The summed E-state index contributed by atoms with van der Waals surface area (Å²) in [5, 5.41) is 63.5. The van der Waals surface area contributed by atoms with E-state index in [0.717, 1.165) is 87.1 Å². The molecule has 8 atom stereocenters. The van der Waals surface area contributed by atoms with Crippen molar-refractivity contribution in [2.24, 2.45) is 57.3 Å². The van der Waals surface area contributed by atoms with Crippen molar-refractivity contribution in [1.29, 1.82) is 0 Å². The van der Waals surface area contributed by atoms with Gasteiger partial charge in [0.25, 0.3) is 0 Å². The van der Waals surface area contributed by atoms with Gasteiger partial charge in [-0.05, 0) is 23.7 Å². The molecule has 0 aromatic heterocycles. The van der Waals surface area contributed by atoms with Crippen molar-refractivity contribution in [3.8, 4) is 0 Å². The third-order valence-corrected chi connectivity index (χ3v) is 28.8. The van der Waals surface area contributed by atoms with Gasteiger partial charge < -0.3 is 97.8 Å². The number of epoxide rings is 1. The third-order valence-electron chi connectivity index (χ3n) is 8.07. The fourth-order valence-electron chi connectivity index (χ4n) is 4.42. The normalized spacial score (nSPS) is 13.8. The fourth-order valence-corrected chi connectivity index (χ4v) is 21.0. The molecule has 0 amide bonds. The number of thiocarbonyl (C=S) groups is 1. The molecule has 1 saturated heterocycles. The monoisotopic (exact) mass is 1890 g/mol. The third kappa shape index (κ3) is 135. The van der Waals surface area contributed by atoms with E-state index in [-0.39, 0.29) is 147 Å². The summed E-state index contributed by atoms with van der Waals surface area (Å²) in [6.45, 7) is 1.52. The molecule has 48 heteroatoms. The Morgan fingerprint density at radius 1 is 0.419 bits per heavy atom. The van der Waals surface area contributed by atoms with E-state index in [2.05, 4.69) is 86.8 Å². The topological polar surface area (TPSA) is 414 Å². The van der Waals surface area contributed by atoms with Gasteiger partial charge in [-0.15, -0.1) is 132 Å². The number of nitrogens with two attached hydrogens (primary N) is 10. The van der Waals surface area contributed by atoms with E-state index in [1.54, 1.807) is 47.0 Å². The van der Waals surface area contributed by atoms with Crippen LogP contribution in [0.3, 0.4) is 0 Å². The molecule has 0 radical (unpaired) electrons. The average Bonchev–Trinajstić information content (AvgIpc) is 4.52. The fraction of sp³-hybridized carbons (Fsp3) is 0.978. The second-order valence-electron chi connectivity index (χ2n) is 16.1. The molecule has 8 unspecified atom stereocenters. The van der Waals surface area contributed by atoms with Crippen molar-refractivity contribution in [1.82, 2.24) is 0 Å². The van der Waals surface area contributed by atoms with E-state index in [4.69, 9.17) is 99.3 Å². The van der Waals surface area contributed by atoms with Crippen LogP contribution in [-0.4, -0.2) is 340 Å². The maximum absolute atomic E-state index is 9.56. The molecule has 0 aliphatic carbocycles. The molecule has 1 fully saturated rings. The van der Waals surface area contributed by atoms with Gasteiger partial charge in [0.15, 0.2) is 5.11 Å². The van der Waals surface area contributed by atoms with Crippen LogP contribution in [0.15, 0.2) is 0 Å². The van der Waals surface area contributed by atoms with Crippen LogP contribution in [0.1, 0.15) is 0 Å². The van der Waals surface area contributed by atoms with Gasteiger partial charge in [0, 0.05) is 159 Å². The van der Waals surface area contributed by atoms with E-state index >= 15 is 0 Å². The molecular weight excluding hydrogens is 1780 g/mol. The molecule has 1 aliphatic rings. The molecule has 1 heterocycles. The van der Waals surface area contributed by atoms with Crippen molar-refractivity contribution in [3.05, 3.63) is 0 Å². The van der Waals surface area contributed by atoms with Gasteiger partial charge in [-0.2, -0.15) is 194 Å². The van der Waals surface area contributed by atoms with Crippen LogP contribution in [0, 0.1) is 0 Å². The molecule has 93 heavy (non-hydrogen) atoms. The number of aliphatic hydroxyl groups excluding tert-OH is 7. The van der Waals surface area contributed by atoms with E-state index in [1.165, 1.54) is 102 Å². The van der Waals surface area contributed by atoms with Gasteiger partial charge in [-0.3, -0.25) is 0 Å². The quantitative estimate of drug-likeness (QED) is 0.00747. The molecule has 1 rings (SSSR count). The van der Waals surface area contributed by atoms with Crippen LogP contribution < -0.4 is 57.3 Å². The van der Waals surface area contributed by atoms with Gasteiger partial charge in [-0.1, -0.05) is 0 Å². The summed E-state index contributed by atoms with van der Waals surface area (Å²) in [5.41, 5.74) is 53.1. The number of hydrogen-bond donors (Lipinski definition) is 22. The molecule has 0 aromatic rings. The summed E-state index contributed by atoms with van der Waals surface area (Å²) < 4.78 is 4.73. The molecule has 0 spiro atoms. The van der Waals surface area contributed by atoms with E-state index < -0.39 is 6.10 Å². The molecule has 18 nitrogen and oxygen atoms in total. The number of aliphatic hydroxyl groups is 7. The Morgan fingerprint density at radius 2 is 0.677 bits per heavy atom. The van der Waals surface area contributed by atoms with Crippen LogP contribution in [0.25, 0.3) is 0 Å². The summed E-state index contributed by atoms with van der Waals surface area (Å²) in [6.07, 6.45) is -0.789. The summed E-state index contributed by atoms with van der Waals surface area (Å²) in [7, 11) is 0. The predicted octanol–water partition coefficient (Wildman–Crippen LogP) is 4.69. The molecule has 0 aromatic carbocycles. The zero-order valence-corrected chi connectivity index (χ0v) is 80.3. The van der Waals surface area contributed by atoms with Crippen LogP contribution in [0.5, 0.6) is 0 Å². The summed E-state index contributed by atoms with van der Waals surface area (Å²) >= 11 is 62.8. The Kier molecular flexibility index (Phi) is 161. The Balaban J connectivity index is -0.0000000792. The first kappa shape index (κ1) is 132. The van der Waals surface area contributed by atoms with E-state index in [0.29, 0.717) is 84.8 Å². The first-order valence-electron chi connectivity index (χ1n) is 27.3. The average molecular weight is 1890 g/mol. The van der Waals surface area contributed by atoms with Gasteiger partial charge in [0.05, 0.1) is 63.3 Å². The van der Waals surface area contributed by atoms with Gasteiger partial charge in [-0.25, -0.2) is 0 Å². The zero-order valence-electron chi connectivity index (χ0n) is 53.0. The van der Waals surface area contributed by atoms with Crippen molar-refractivity contribution in [2.75, 3.05) is 189 Å². The van der Waals surface area contributed by atoms with Gasteiger partial charge in [0.2, 0.25) is 0 Å². The molecule has 570 valence electrons. The minimum absolute atomic E-state index is 0. The van der Waals surface area contributed by atoms with Crippen LogP contribution in [0.4, 0.5) is 0 Å². The second kappa shape index (κ2) is 113. The molecule has 0 bridgehead atoms. The van der Waals surface area contributed by atoms with Crippen molar-refractivity contribution in [3.63, 3.8) is 0 Å². The Hall–Kier alpha value is 10.1. The van der Waals surface area contributed by atoms with Crippen LogP contribution in [-0.2, 0) is 4.74 Å². The molecular formula is C45H115Cl7N10Na2O8S21. The summed E-state index contributed by atoms with van der Waals surface area (Å²) in [6, 6.07) is 0. The second-order valence-corrected chi connectivity index (χ2v) is 36.6. The Morgan fingerprint density at radius 3 is 0.903 bits per heavy atom. The molecule has 1 aliphatic heterocycles. The zero-order chi connectivity index (χ0) is 67.7. The Labute approximate surface area is 730 Å². The predicted molar refractivity (Wildman–Crippen MR) is 493 cm³/mol. The first-order valence-corrected chi connectivity index (χ1v) is 55.3. The summed E-state index contributed by atoms with van der Waals surface area (Å²) in [4.78, 5) is 0. The van der Waals surface area contributed by atoms with E-state index in [9.17, 15) is 10.2 Å². The SMILES string of the molecule is Cl.Cl.Cl.Cl.Cl.ClCC1CO1.NC(N)=S.NC(N)SCCSC(CSCC(CSC(N)N)SCCSC(N)N)CSC(N)N.OCCS.OCCSCC(O)CCl.OCCSCC(O)CSCC(O)CSCCO.S.SCCSC(CS)CSCC(CS)SCCS.[Na][Na]. The van der Waals surface area contributed by atoms with Crippen molar-refractivity contribution in [2.45, 2.75) is 67.4 Å². The van der Waals surface area contributed by atoms with Crippen molar-refractivity contribution < 1.29 is 40.5 Å². The Bertz CT molecular complexity index is 1260. The van der Waals surface area contributed by atoms with Gasteiger partial charge in [0.1, 0.15) is 22.0 Å². The van der Waals surface area contributed by atoms with Crippen molar-refractivity contribution >= 4 is 387 Å². The molecule has 27 N–H and O–H groups in total. The number of thiol groups is 5. The van der Waals surface area contributed by atoms with Crippen LogP contribution >= 0.6 is 339 Å². The first-order chi connectivity index (χ1) is 41.6. The summed E-state index contributed by atoms with van der Waals surface area (Å²) in [5.74, 6) is 22.9. The number of rotatable bonds is 51. The maximum atomic E-state index is 9.56. The standard InChI is InChI=1S/C14H38N8S7.C10H22O4S3.C10H22S7.C5H11ClO2S.C3H5ClO.C2H6OS.CH4N2S.5ClH.2Na.H2S/c15-11(16)26-3-1-24-9(7-28-13(19)20)5-23-6-10(8-29-14(21)22)25-2-4-27-12(17)18;11-1-3-15-5-9(13)7-17-8-10(14)6-16-4-2-12;11-1-3-16-9(5-13)7-15-8-10(6-14)17-4-2-12;6-3-5(8)4-9-2-1-7;4-1-3-2-5-3;3-1-2-4;2-1(3)4;;;;;;;;/h9-14H,1-8,15-22H2;2*9-14H,1-8H2;5,7-8H,1-4H2;3H,1-2H2;3-4H,1-2H2;(H4,2,3,4);5*1H;;;1H2. The minimum atomic E-state index is -0.428. The number of ether oxygens (including phenoxy) is 1. The van der Waals surface area contributed by atoms with Crippen LogP contribution in [0.2, 0.25) is 0 Å². The number of halogens is 7. The van der Waals surface area contributed by atoms with E-state index in [1.807, 2.05) is 70.6 Å². The number of hydrogen-bond acceptors (Lipinski definition) is 36. The van der Waals surface area contributed by atoms with Gasteiger partial charge >= 0.3 is 43.6 Å². The molecule has 0 saturated carbocycles. The number of thioether (sulfide) groups is 14.